The molecular weight excluding hydrogens is 292 g/mol. The van der Waals surface area contributed by atoms with Crippen LogP contribution < -0.4 is 10.6 Å². The minimum absolute atomic E-state index is 0.00179. The second-order valence-corrected chi connectivity index (χ2v) is 5.43. The molecule has 0 radical (unpaired) electrons. The van der Waals surface area contributed by atoms with E-state index < -0.39 is 11.6 Å². The van der Waals surface area contributed by atoms with Gasteiger partial charge in [-0.05, 0) is 42.0 Å². The smallest absolute Gasteiger partial charge is 0.169 e. The minimum atomic E-state index is -0.723. The number of hydrogen-bond donors (Lipinski definition) is 2. The van der Waals surface area contributed by atoms with E-state index in [0.29, 0.717) is 12.2 Å². The van der Waals surface area contributed by atoms with Gasteiger partial charge in [0.1, 0.15) is 0 Å². The first-order valence-corrected chi connectivity index (χ1v) is 7.39. The highest BCUT2D eigenvalue weighted by atomic mass is 32.1. The first-order chi connectivity index (χ1) is 10.2. The summed E-state index contributed by atoms with van der Waals surface area (Å²) < 4.78 is 28.5. The minimum Gasteiger partial charge on any atom is -0.368 e. The number of hydrogen-bond acceptors (Lipinski definition) is 4. The van der Waals surface area contributed by atoms with Crippen molar-refractivity contribution in [1.29, 1.82) is 0 Å². The molecule has 21 heavy (non-hydrogen) atoms. The SMILES string of the molecule is CCNc1nc(Nc2ccc3sccc3c2)c(F)cc1F. The Morgan fingerprint density at radius 1 is 1.10 bits per heavy atom. The number of anilines is 3. The van der Waals surface area contributed by atoms with Gasteiger partial charge >= 0.3 is 0 Å². The number of aromatic nitrogens is 1. The second kappa shape index (κ2) is 5.65. The Labute approximate surface area is 124 Å². The van der Waals surface area contributed by atoms with E-state index in [9.17, 15) is 8.78 Å². The molecule has 3 aromatic rings. The molecule has 0 atom stereocenters. The van der Waals surface area contributed by atoms with Gasteiger partial charge in [-0.3, -0.25) is 0 Å². The van der Waals surface area contributed by atoms with Gasteiger partial charge in [0.25, 0.3) is 0 Å². The maximum atomic E-state index is 13.8. The Morgan fingerprint density at radius 3 is 2.71 bits per heavy atom. The van der Waals surface area contributed by atoms with Crippen LogP contribution in [0.1, 0.15) is 6.92 Å². The monoisotopic (exact) mass is 305 g/mol. The molecule has 0 aliphatic heterocycles. The summed E-state index contributed by atoms with van der Waals surface area (Å²) in [6.45, 7) is 2.33. The topological polar surface area (TPSA) is 37.0 Å². The molecule has 1 aromatic carbocycles. The van der Waals surface area contributed by atoms with Crippen molar-refractivity contribution in [2.75, 3.05) is 17.2 Å². The molecule has 2 N–H and O–H groups in total. The van der Waals surface area contributed by atoms with E-state index in [1.54, 1.807) is 11.3 Å². The third-order valence-corrected chi connectivity index (χ3v) is 3.89. The van der Waals surface area contributed by atoms with Crippen LogP contribution in [-0.2, 0) is 0 Å². The lowest BCUT2D eigenvalue weighted by Gasteiger charge is -2.10. The van der Waals surface area contributed by atoms with Crippen molar-refractivity contribution in [1.82, 2.24) is 4.98 Å². The first kappa shape index (κ1) is 13.8. The summed E-state index contributed by atoms with van der Waals surface area (Å²) in [5, 5.41) is 8.72. The normalized spacial score (nSPS) is 10.8. The first-order valence-electron chi connectivity index (χ1n) is 6.51. The van der Waals surface area contributed by atoms with Crippen molar-refractivity contribution in [3.63, 3.8) is 0 Å². The highest BCUT2D eigenvalue weighted by Crippen LogP contribution is 2.27. The van der Waals surface area contributed by atoms with Gasteiger partial charge in [0, 0.05) is 23.0 Å². The van der Waals surface area contributed by atoms with Gasteiger partial charge < -0.3 is 10.6 Å². The molecule has 3 rings (SSSR count). The average molecular weight is 305 g/mol. The summed E-state index contributed by atoms with van der Waals surface area (Å²) in [6.07, 6.45) is 0. The molecule has 0 fully saturated rings. The number of nitrogens with one attached hydrogen (secondary N) is 2. The van der Waals surface area contributed by atoms with Crippen LogP contribution in [0.3, 0.4) is 0 Å². The van der Waals surface area contributed by atoms with Crippen LogP contribution in [0.25, 0.3) is 10.1 Å². The Bertz CT molecular complexity index is 786. The second-order valence-electron chi connectivity index (χ2n) is 4.48. The van der Waals surface area contributed by atoms with Gasteiger partial charge in [-0.15, -0.1) is 11.3 Å². The fourth-order valence-electron chi connectivity index (χ4n) is 2.03. The van der Waals surface area contributed by atoms with E-state index in [4.69, 9.17) is 0 Å². The lowest BCUT2D eigenvalue weighted by atomic mass is 10.2. The van der Waals surface area contributed by atoms with Crippen LogP contribution in [0.15, 0.2) is 35.7 Å². The number of nitrogens with zero attached hydrogens (tertiary/aromatic N) is 1. The van der Waals surface area contributed by atoms with Crippen molar-refractivity contribution in [2.45, 2.75) is 6.92 Å². The molecule has 2 heterocycles. The fraction of sp³-hybridized carbons (Fsp3) is 0.133. The largest absolute Gasteiger partial charge is 0.368 e. The van der Waals surface area contributed by atoms with Crippen LogP contribution in [0.4, 0.5) is 26.1 Å². The van der Waals surface area contributed by atoms with Crippen molar-refractivity contribution in [3.8, 4) is 0 Å². The van der Waals surface area contributed by atoms with Gasteiger partial charge in [-0.25, -0.2) is 13.8 Å². The van der Waals surface area contributed by atoms with Gasteiger partial charge in [-0.1, -0.05) is 0 Å². The average Bonchev–Trinajstić information content (AvgIpc) is 2.92. The van der Waals surface area contributed by atoms with Gasteiger partial charge in [-0.2, -0.15) is 0 Å². The molecule has 108 valence electrons. The predicted octanol–water partition coefficient (Wildman–Crippen LogP) is 4.75. The van der Waals surface area contributed by atoms with E-state index in [2.05, 4.69) is 15.6 Å². The van der Waals surface area contributed by atoms with Gasteiger partial charge in [0.05, 0.1) is 0 Å². The zero-order chi connectivity index (χ0) is 14.8. The molecule has 0 unspecified atom stereocenters. The molecule has 0 bridgehead atoms. The number of halogens is 2. The van der Waals surface area contributed by atoms with Crippen molar-refractivity contribution >= 4 is 38.7 Å². The maximum Gasteiger partial charge on any atom is 0.169 e. The fourth-order valence-corrected chi connectivity index (χ4v) is 2.80. The molecule has 0 aliphatic rings. The summed E-state index contributed by atoms with van der Waals surface area (Å²) in [4.78, 5) is 3.95. The van der Waals surface area contributed by atoms with E-state index >= 15 is 0 Å². The van der Waals surface area contributed by atoms with E-state index in [-0.39, 0.29) is 11.6 Å². The predicted molar refractivity (Wildman–Crippen MR) is 83.4 cm³/mol. The molecule has 0 amide bonds. The van der Waals surface area contributed by atoms with Gasteiger partial charge in [0.15, 0.2) is 23.3 Å². The molecule has 3 nitrogen and oxygen atoms in total. The molecule has 0 saturated heterocycles. The van der Waals surface area contributed by atoms with Crippen LogP contribution in [-0.4, -0.2) is 11.5 Å². The quantitative estimate of drug-likeness (QED) is 0.730. The zero-order valence-electron chi connectivity index (χ0n) is 11.3. The molecule has 0 aliphatic carbocycles. The molecule has 0 spiro atoms. The number of fused-ring (bicyclic) bond motifs is 1. The third-order valence-electron chi connectivity index (χ3n) is 2.99. The molecule has 2 aromatic heterocycles. The van der Waals surface area contributed by atoms with Crippen LogP contribution in [0, 0.1) is 11.6 Å². The van der Waals surface area contributed by atoms with Crippen LogP contribution in [0.5, 0.6) is 0 Å². The van der Waals surface area contributed by atoms with Crippen molar-refractivity contribution in [3.05, 3.63) is 47.3 Å². The maximum absolute atomic E-state index is 13.8. The molecule has 0 saturated carbocycles. The standard InChI is InChI=1S/C15H13F2N3S/c1-2-18-14-11(16)8-12(17)15(20-14)19-10-3-4-13-9(7-10)5-6-21-13/h3-8H,2H2,1H3,(H2,18,19,20). The Kier molecular flexibility index (Phi) is 3.70. The van der Waals surface area contributed by atoms with Crippen LogP contribution in [0.2, 0.25) is 0 Å². The number of thiophene rings is 1. The van der Waals surface area contributed by atoms with Crippen molar-refractivity contribution < 1.29 is 8.78 Å². The van der Waals surface area contributed by atoms with Gasteiger partial charge in [0.2, 0.25) is 0 Å². The summed E-state index contributed by atoms with van der Waals surface area (Å²) >= 11 is 1.64. The third kappa shape index (κ3) is 2.80. The lowest BCUT2D eigenvalue weighted by Crippen LogP contribution is -2.06. The summed E-state index contributed by atoms with van der Waals surface area (Å²) in [7, 11) is 0. The van der Waals surface area contributed by atoms with Crippen molar-refractivity contribution in [2.24, 2.45) is 0 Å². The summed E-state index contributed by atoms with van der Waals surface area (Å²) in [5.74, 6) is -1.38. The van der Waals surface area contributed by atoms with E-state index in [1.165, 1.54) is 0 Å². The molecule has 6 heteroatoms. The Morgan fingerprint density at radius 2 is 1.90 bits per heavy atom. The molecular formula is C15H13F2N3S. The number of rotatable bonds is 4. The van der Waals surface area contributed by atoms with Crippen LogP contribution >= 0.6 is 11.3 Å². The summed E-state index contributed by atoms with van der Waals surface area (Å²) in [5.41, 5.74) is 0.710. The Balaban J connectivity index is 1.94. The zero-order valence-corrected chi connectivity index (χ0v) is 12.1. The van der Waals surface area contributed by atoms with E-state index in [0.717, 1.165) is 16.2 Å². The highest BCUT2D eigenvalue weighted by molar-refractivity contribution is 7.17. The Hall–Kier alpha value is -2.21. The van der Waals surface area contributed by atoms with E-state index in [1.807, 2.05) is 36.6 Å². The lowest BCUT2D eigenvalue weighted by molar-refractivity contribution is 0.579. The number of benzene rings is 1. The summed E-state index contributed by atoms with van der Waals surface area (Å²) in [6, 6.07) is 8.52. The number of pyridine rings is 1. The highest BCUT2D eigenvalue weighted by Gasteiger charge is 2.11.